The van der Waals surface area contributed by atoms with E-state index >= 15 is 0 Å². The van der Waals surface area contributed by atoms with Crippen molar-refractivity contribution in [3.8, 4) is 5.75 Å². The van der Waals surface area contributed by atoms with Crippen molar-refractivity contribution in [2.24, 2.45) is 0 Å². The van der Waals surface area contributed by atoms with E-state index < -0.39 is 15.9 Å². The Morgan fingerprint density at radius 2 is 1.84 bits per heavy atom. The average molecular weight is 474 g/mol. The van der Waals surface area contributed by atoms with Gasteiger partial charge in [-0.05, 0) is 59.0 Å². The number of hydrogen-bond donors (Lipinski definition) is 2. The Hall–Kier alpha value is -1.65. The molecule has 0 aliphatic carbocycles. The van der Waals surface area contributed by atoms with Crippen LogP contribution in [0, 0.1) is 3.57 Å². The van der Waals surface area contributed by atoms with E-state index in [0.717, 1.165) is 3.57 Å². The van der Waals surface area contributed by atoms with Crippen molar-refractivity contribution < 1.29 is 18.3 Å². The van der Waals surface area contributed by atoms with Crippen LogP contribution in [0.15, 0.2) is 47.4 Å². The van der Waals surface area contributed by atoms with Crippen LogP contribution in [0.1, 0.15) is 24.2 Å². The molecule has 2 aromatic carbocycles. The Labute approximate surface area is 161 Å². The van der Waals surface area contributed by atoms with E-state index in [9.17, 15) is 18.3 Å². The lowest BCUT2D eigenvalue weighted by Gasteiger charge is -2.19. The number of aromatic hydroxyl groups is 1. The quantitative estimate of drug-likeness (QED) is 0.497. The summed E-state index contributed by atoms with van der Waals surface area (Å²) in [5, 5.41) is 12.5. The number of carbonyl (C=O) groups is 1. The van der Waals surface area contributed by atoms with Gasteiger partial charge in [-0.3, -0.25) is 4.79 Å². The fraction of sp³-hybridized carbons (Fsp3) is 0.235. The molecule has 0 aliphatic heterocycles. The first-order valence-corrected chi connectivity index (χ1v) is 10.2. The molecule has 0 heterocycles. The number of amides is 1. The van der Waals surface area contributed by atoms with E-state index in [1.807, 2.05) is 6.07 Å². The molecule has 0 bridgehead atoms. The Balaban J connectivity index is 2.35. The Kier molecular flexibility index (Phi) is 6.42. The van der Waals surface area contributed by atoms with E-state index in [2.05, 4.69) is 27.9 Å². The number of nitrogens with zero attached hydrogens (tertiary/aromatic N) is 1. The first-order valence-electron chi connectivity index (χ1n) is 7.69. The number of carbonyl (C=O) groups excluding carboxylic acids is 1. The summed E-state index contributed by atoms with van der Waals surface area (Å²) in [6.45, 7) is 4.18. The summed E-state index contributed by atoms with van der Waals surface area (Å²) in [6, 6.07) is 10.8. The molecular weight excluding hydrogens is 455 g/mol. The van der Waals surface area contributed by atoms with Crippen LogP contribution < -0.4 is 5.32 Å². The maximum atomic E-state index is 12.6. The average Bonchev–Trinajstić information content (AvgIpc) is 2.57. The van der Waals surface area contributed by atoms with E-state index in [4.69, 9.17) is 0 Å². The van der Waals surface area contributed by atoms with Gasteiger partial charge in [0, 0.05) is 22.2 Å². The second-order valence-electron chi connectivity index (χ2n) is 5.23. The minimum absolute atomic E-state index is 0.0203. The van der Waals surface area contributed by atoms with Crippen LogP contribution >= 0.6 is 22.6 Å². The summed E-state index contributed by atoms with van der Waals surface area (Å²) in [4.78, 5) is 12.4. The minimum Gasteiger partial charge on any atom is -0.506 e. The molecule has 25 heavy (non-hydrogen) atoms. The number of hydrogen-bond acceptors (Lipinski definition) is 4. The van der Waals surface area contributed by atoms with Crippen molar-refractivity contribution >= 4 is 44.2 Å². The van der Waals surface area contributed by atoms with Gasteiger partial charge in [0.1, 0.15) is 5.75 Å². The lowest BCUT2D eigenvalue weighted by Crippen LogP contribution is -2.30. The molecule has 134 valence electrons. The number of halogens is 1. The second kappa shape index (κ2) is 8.15. The number of benzene rings is 2. The zero-order chi connectivity index (χ0) is 18.6. The number of phenols is 1. The van der Waals surface area contributed by atoms with Crippen LogP contribution in [0.4, 0.5) is 5.69 Å². The van der Waals surface area contributed by atoms with Crippen LogP contribution in [0.5, 0.6) is 5.75 Å². The van der Waals surface area contributed by atoms with Gasteiger partial charge in [0.15, 0.2) is 0 Å². The van der Waals surface area contributed by atoms with Crippen molar-refractivity contribution in [2.75, 3.05) is 18.4 Å². The summed E-state index contributed by atoms with van der Waals surface area (Å²) in [6.07, 6.45) is 0. The fourth-order valence-corrected chi connectivity index (χ4v) is 4.34. The third-order valence-corrected chi connectivity index (χ3v) is 6.36. The first kappa shape index (κ1) is 19.7. The van der Waals surface area contributed by atoms with Crippen LogP contribution in [-0.4, -0.2) is 36.8 Å². The normalized spacial score (nSPS) is 11.5. The van der Waals surface area contributed by atoms with Crippen molar-refractivity contribution in [3.05, 3.63) is 51.6 Å². The van der Waals surface area contributed by atoms with Gasteiger partial charge in [0.25, 0.3) is 5.91 Å². The van der Waals surface area contributed by atoms with Gasteiger partial charge in [0.05, 0.1) is 10.6 Å². The predicted molar refractivity (Wildman–Crippen MR) is 105 cm³/mol. The largest absolute Gasteiger partial charge is 0.506 e. The summed E-state index contributed by atoms with van der Waals surface area (Å²) >= 11 is 2.09. The molecule has 0 unspecified atom stereocenters. The lowest BCUT2D eigenvalue weighted by atomic mass is 10.2. The first-order chi connectivity index (χ1) is 11.8. The van der Waals surface area contributed by atoms with Crippen molar-refractivity contribution in [1.29, 1.82) is 0 Å². The number of anilines is 1. The van der Waals surface area contributed by atoms with Gasteiger partial charge < -0.3 is 10.4 Å². The van der Waals surface area contributed by atoms with Crippen LogP contribution in [0.3, 0.4) is 0 Å². The molecule has 6 nitrogen and oxygen atoms in total. The van der Waals surface area contributed by atoms with Crippen LogP contribution in [-0.2, 0) is 10.0 Å². The number of rotatable bonds is 6. The predicted octanol–water partition coefficient (Wildman–Crippen LogP) is 3.28. The topological polar surface area (TPSA) is 86.7 Å². The van der Waals surface area contributed by atoms with Gasteiger partial charge in [-0.2, -0.15) is 4.31 Å². The van der Waals surface area contributed by atoms with Gasteiger partial charge in [-0.15, -0.1) is 0 Å². The molecule has 0 aromatic heterocycles. The summed E-state index contributed by atoms with van der Waals surface area (Å²) in [5.41, 5.74) is 0.473. The summed E-state index contributed by atoms with van der Waals surface area (Å²) in [7, 11) is -3.68. The molecule has 0 atom stereocenters. The highest BCUT2D eigenvalue weighted by Gasteiger charge is 2.23. The number of phenolic OH excluding ortho intramolecular Hbond substituents is 1. The number of sulfonamides is 1. The molecule has 2 rings (SSSR count). The monoisotopic (exact) mass is 474 g/mol. The molecule has 0 fully saturated rings. The molecule has 8 heteroatoms. The molecule has 0 aliphatic rings. The maximum Gasteiger partial charge on any atom is 0.255 e. The molecule has 0 spiro atoms. The standard InChI is InChI=1S/C17H19IN2O4S/c1-3-20(4-2)25(23,24)14-8-9-16(21)15(11-14)19-17(22)12-6-5-7-13(18)10-12/h5-11,21H,3-4H2,1-2H3,(H,19,22). The van der Waals surface area contributed by atoms with Crippen LogP contribution in [0.25, 0.3) is 0 Å². The highest BCUT2D eigenvalue weighted by molar-refractivity contribution is 14.1. The molecule has 2 aromatic rings. The molecular formula is C17H19IN2O4S. The Morgan fingerprint density at radius 1 is 1.16 bits per heavy atom. The number of nitrogens with one attached hydrogen (secondary N) is 1. The maximum absolute atomic E-state index is 12.6. The van der Waals surface area contributed by atoms with Crippen LogP contribution in [0.2, 0.25) is 0 Å². The van der Waals surface area contributed by atoms with Crippen molar-refractivity contribution in [3.63, 3.8) is 0 Å². The molecule has 1 amide bonds. The van der Waals surface area contributed by atoms with Gasteiger partial charge in [-0.1, -0.05) is 19.9 Å². The third kappa shape index (κ3) is 4.50. The molecule has 0 radical (unpaired) electrons. The summed E-state index contributed by atoms with van der Waals surface area (Å²) in [5.74, 6) is -0.622. The van der Waals surface area contributed by atoms with E-state index in [-0.39, 0.29) is 16.3 Å². The van der Waals surface area contributed by atoms with Gasteiger partial charge in [-0.25, -0.2) is 8.42 Å². The van der Waals surface area contributed by atoms with E-state index in [0.29, 0.717) is 18.7 Å². The molecule has 2 N–H and O–H groups in total. The third-order valence-electron chi connectivity index (χ3n) is 3.65. The Bertz CT molecular complexity index is 880. The highest BCUT2D eigenvalue weighted by atomic mass is 127. The molecule has 0 saturated carbocycles. The zero-order valence-electron chi connectivity index (χ0n) is 13.9. The van der Waals surface area contributed by atoms with Crippen molar-refractivity contribution in [1.82, 2.24) is 4.31 Å². The van der Waals surface area contributed by atoms with Gasteiger partial charge in [0.2, 0.25) is 10.0 Å². The van der Waals surface area contributed by atoms with E-state index in [1.165, 1.54) is 22.5 Å². The minimum atomic E-state index is -3.68. The smallest absolute Gasteiger partial charge is 0.255 e. The summed E-state index contributed by atoms with van der Waals surface area (Å²) < 4.78 is 27.4. The van der Waals surface area contributed by atoms with Crippen molar-refractivity contribution in [2.45, 2.75) is 18.7 Å². The SMILES string of the molecule is CCN(CC)S(=O)(=O)c1ccc(O)c(NC(=O)c2cccc(I)c2)c1. The molecule has 0 saturated heterocycles. The fourth-order valence-electron chi connectivity index (χ4n) is 2.31. The van der Waals surface area contributed by atoms with Gasteiger partial charge >= 0.3 is 0 Å². The lowest BCUT2D eigenvalue weighted by molar-refractivity contribution is 0.102. The zero-order valence-corrected chi connectivity index (χ0v) is 16.8. The second-order valence-corrected chi connectivity index (χ2v) is 8.42. The van der Waals surface area contributed by atoms with E-state index in [1.54, 1.807) is 32.0 Å². The Morgan fingerprint density at radius 3 is 2.44 bits per heavy atom. The highest BCUT2D eigenvalue weighted by Crippen LogP contribution is 2.28.